The molecule has 2 N–H and O–H groups in total. The molecule has 2 aromatic rings. The number of nitrogens with zero attached hydrogens (tertiary/aromatic N) is 4. The summed E-state index contributed by atoms with van der Waals surface area (Å²) >= 11 is 0. The Hall–Kier alpha value is -2.57. The molecule has 2 rings (SSSR count). The smallest absolute Gasteiger partial charge is 0.271 e. The van der Waals surface area contributed by atoms with Crippen molar-refractivity contribution in [2.24, 2.45) is 0 Å². The van der Waals surface area contributed by atoms with Crippen molar-refractivity contribution < 1.29 is 4.79 Å². The maximum atomic E-state index is 11.5. The molecule has 1 amide bonds. The number of aromatic nitrogens is 4. The van der Waals surface area contributed by atoms with Crippen LogP contribution in [0.3, 0.4) is 0 Å². The van der Waals surface area contributed by atoms with Crippen molar-refractivity contribution in [3.63, 3.8) is 0 Å². The Bertz CT molecular complexity index is 566. The first-order valence-corrected chi connectivity index (χ1v) is 6.32. The van der Waals surface area contributed by atoms with Crippen LogP contribution >= 0.6 is 0 Å². The van der Waals surface area contributed by atoms with Gasteiger partial charge in [0.2, 0.25) is 0 Å². The minimum absolute atomic E-state index is 0.226. The van der Waals surface area contributed by atoms with Gasteiger partial charge in [-0.3, -0.25) is 14.8 Å². The van der Waals surface area contributed by atoms with Crippen LogP contribution in [0.4, 0.5) is 5.82 Å². The minimum Gasteiger partial charge on any atom is -0.363 e. The van der Waals surface area contributed by atoms with Crippen molar-refractivity contribution in [2.75, 3.05) is 11.9 Å². The summed E-state index contributed by atoms with van der Waals surface area (Å²) < 4.78 is 0. The number of carbonyl (C=O) groups is 1. The zero-order chi connectivity index (χ0) is 14.4. The number of anilines is 1. The van der Waals surface area contributed by atoms with E-state index in [9.17, 15) is 4.79 Å². The molecular weight excluding hydrogens is 256 g/mol. The van der Waals surface area contributed by atoms with Crippen LogP contribution in [0.5, 0.6) is 0 Å². The molecule has 0 radical (unpaired) electrons. The fourth-order valence-electron chi connectivity index (χ4n) is 1.49. The van der Waals surface area contributed by atoms with Crippen LogP contribution in [-0.4, -0.2) is 32.6 Å². The zero-order valence-corrected chi connectivity index (χ0v) is 11.4. The first-order valence-electron chi connectivity index (χ1n) is 6.32. The third-order valence-electron chi connectivity index (χ3n) is 2.52. The Morgan fingerprint density at radius 1 is 1.20 bits per heavy atom. The SMILES string of the molecule is CCNC(=O)c1ccc(NCc2cnc(C)cn2)nn1. The molecule has 0 atom stereocenters. The Labute approximate surface area is 116 Å². The summed E-state index contributed by atoms with van der Waals surface area (Å²) in [7, 11) is 0. The zero-order valence-electron chi connectivity index (χ0n) is 11.4. The molecular formula is C13H16N6O. The standard InChI is InChI=1S/C13H16N6O/c1-3-14-13(20)11-4-5-12(19-18-11)17-8-10-7-15-9(2)6-16-10/h4-7H,3,8H2,1-2H3,(H,14,20)(H,17,19). The lowest BCUT2D eigenvalue weighted by molar-refractivity contribution is 0.0950. The topological polar surface area (TPSA) is 92.7 Å². The summed E-state index contributed by atoms with van der Waals surface area (Å²) in [6.07, 6.45) is 3.42. The molecule has 20 heavy (non-hydrogen) atoms. The van der Waals surface area contributed by atoms with Crippen LogP contribution in [0.1, 0.15) is 28.8 Å². The van der Waals surface area contributed by atoms with Crippen molar-refractivity contribution >= 4 is 11.7 Å². The highest BCUT2D eigenvalue weighted by Gasteiger charge is 2.06. The van der Waals surface area contributed by atoms with Crippen molar-refractivity contribution in [3.8, 4) is 0 Å². The summed E-state index contributed by atoms with van der Waals surface area (Å²) in [5.74, 6) is 0.358. The Balaban J connectivity index is 1.93. The first kappa shape index (κ1) is 13.9. The Kier molecular flexibility index (Phi) is 4.54. The van der Waals surface area contributed by atoms with Crippen LogP contribution in [0.15, 0.2) is 24.5 Å². The van der Waals surface area contributed by atoms with Gasteiger partial charge in [0.1, 0.15) is 5.82 Å². The molecule has 0 spiro atoms. The summed E-state index contributed by atoms with van der Waals surface area (Å²) in [5.41, 5.74) is 1.98. The molecule has 104 valence electrons. The summed E-state index contributed by atoms with van der Waals surface area (Å²) in [4.78, 5) is 19.9. The molecule has 2 aromatic heterocycles. The van der Waals surface area contributed by atoms with E-state index in [2.05, 4.69) is 30.8 Å². The summed E-state index contributed by atoms with van der Waals surface area (Å²) in [5, 5.41) is 13.5. The molecule has 7 nitrogen and oxygen atoms in total. The fraction of sp³-hybridized carbons (Fsp3) is 0.308. The van der Waals surface area contributed by atoms with E-state index in [-0.39, 0.29) is 5.91 Å². The number of amides is 1. The van der Waals surface area contributed by atoms with Gasteiger partial charge in [-0.2, -0.15) is 0 Å². The predicted molar refractivity (Wildman–Crippen MR) is 74.1 cm³/mol. The second-order valence-corrected chi connectivity index (χ2v) is 4.17. The molecule has 2 heterocycles. The van der Waals surface area contributed by atoms with Gasteiger partial charge in [-0.25, -0.2) is 0 Å². The maximum Gasteiger partial charge on any atom is 0.271 e. The summed E-state index contributed by atoms with van der Waals surface area (Å²) in [6.45, 7) is 4.80. The highest BCUT2D eigenvalue weighted by Crippen LogP contribution is 2.04. The Morgan fingerprint density at radius 2 is 2.05 bits per heavy atom. The molecule has 0 saturated carbocycles. The van der Waals surface area contributed by atoms with Gasteiger partial charge in [-0.05, 0) is 26.0 Å². The van der Waals surface area contributed by atoms with Crippen LogP contribution in [-0.2, 0) is 6.54 Å². The van der Waals surface area contributed by atoms with Crippen molar-refractivity contribution in [1.29, 1.82) is 0 Å². The van der Waals surface area contributed by atoms with Gasteiger partial charge >= 0.3 is 0 Å². The number of carbonyl (C=O) groups excluding carboxylic acids is 1. The number of nitrogens with one attached hydrogen (secondary N) is 2. The number of aryl methyl sites for hydroxylation is 1. The van der Waals surface area contributed by atoms with Crippen molar-refractivity contribution in [2.45, 2.75) is 20.4 Å². The van der Waals surface area contributed by atoms with Crippen LogP contribution in [0.2, 0.25) is 0 Å². The summed E-state index contributed by atoms with van der Waals surface area (Å²) in [6, 6.07) is 3.33. The van der Waals surface area contributed by atoms with Gasteiger partial charge in [0.15, 0.2) is 5.69 Å². The molecule has 0 aliphatic carbocycles. The minimum atomic E-state index is -0.226. The van der Waals surface area contributed by atoms with E-state index in [1.54, 1.807) is 24.5 Å². The largest absolute Gasteiger partial charge is 0.363 e. The lowest BCUT2D eigenvalue weighted by Gasteiger charge is -2.05. The molecule has 0 aliphatic rings. The van der Waals surface area contributed by atoms with Crippen molar-refractivity contribution in [3.05, 3.63) is 41.6 Å². The third-order valence-corrected chi connectivity index (χ3v) is 2.52. The van der Waals surface area contributed by atoms with E-state index in [1.165, 1.54) is 0 Å². The molecule has 0 aliphatic heterocycles. The first-order chi connectivity index (χ1) is 9.69. The fourth-order valence-corrected chi connectivity index (χ4v) is 1.49. The highest BCUT2D eigenvalue weighted by atomic mass is 16.1. The molecule has 0 unspecified atom stereocenters. The Morgan fingerprint density at radius 3 is 2.65 bits per heavy atom. The van der Waals surface area contributed by atoms with Gasteiger partial charge in [0.25, 0.3) is 5.91 Å². The van der Waals surface area contributed by atoms with E-state index in [0.29, 0.717) is 24.6 Å². The van der Waals surface area contributed by atoms with Crippen LogP contribution in [0, 0.1) is 6.92 Å². The molecule has 7 heteroatoms. The normalized spacial score (nSPS) is 10.1. The van der Waals surface area contributed by atoms with Gasteiger partial charge < -0.3 is 10.6 Å². The monoisotopic (exact) mass is 272 g/mol. The van der Waals surface area contributed by atoms with Gasteiger partial charge in [0, 0.05) is 12.7 Å². The van der Waals surface area contributed by atoms with Crippen LogP contribution in [0.25, 0.3) is 0 Å². The maximum absolute atomic E-state index is 11.5. The average molecular weight is 272 g/mol. The number of hydrogen-bond donors (Lipinski definition) is 2. The highest BCUT2D eigenvalue weighted by molar-refractivity contribution is 5.92. The van der Waals surface area contributed by atoms with Gasteiger partial charge in [0.05, 0.1) is 24.1 Å². The molecule has 0 aromatic carbocycles. The third kappa shape index (κ3) is 3.71. The quantitative estimate of drug-likeness (QED) is 0.841. The van der Waals surface area contributed by atoms with Gasteiger partial charge in [-0.15, -0.1) is 10.2 Å². The second-order valence-electron chi connectivity index (χ2n) is 4.17. The van der Waals surface area contributed by atoms with Gasteiger partial charge in [-0.1, -0.05) is 0 Å². The van der Waals surface area contributed by atoms with E-state index in [4.69, 9.17) is 0 Å². The van der Waals surface area contributed by atoms with E-state index in [0.717, 1.165) is 11.4 Å². The van der Waals surface area contributed by atoms with E-state index < -0.39 is 0 Å². The number of rotatable bonds is 5. The molecule has 0 fully saturated rings. The van der Waals surface area contributed by atoms with Crippen molar-refractivity contribution in [1.82, 2.24) is 25.5 Å². The van der Waals surface area contributed by atoms with E-state index >= 15 is 0 Å². The molecule has 0 saturated heterocycles. The van der Waals surface area contributed by atoms with Crippen LogP contribution < -0.4 is 10.6 Å². The molecule has 0 bridgehead atoms. The second kappa shape index (κ2) is 6.55. The lowest BCUT2D eigenvalue weighted by atomic mass is 10.3. The average Bonchev–Trinajstić information content (AvgIpc) is 2.47. The van der Waals surface area contributed by atoms with E-state index in [1.807, 2.05) is 13.8 Å². The number of hydrogen-bond acceptors (Lipinski definition) is 6. The predicted octanol–water partition coefficient (Wildman–Crippen LogP) is 0.937. The lowest BCUT2D eigenvalue weighted by Crippen LogP contribution is -2.24.